The van der Waals surface area contributed by atoms with E-state index >= 15 is 0 Å². The molecule has 0 aliphatic heterocycles. The van der Waals surface area contributed by atoms with Gasteiger partial charge in [0.2, 0.25) is 0 Å². The van der Waals surface area contributed by atoms with Crippen LogP contribution in [0.15, 0.2) is 47.7 Å². The molecule has 1 aliphatic carbocycles. The number of nitriles is 1. The summed E-state index contributed by atoms with van der Waals surface area (Å²) in [6.07, 6.45) is 14.2. The number of nitrogens with two attached hydrogens (primary N) is 1. The van der Waals surface area contributed by atoms with E-state index in [1.807, 2.05) is 38.3 Å². The van der Waals surface area contributed by atoms with Crippen LogP contribution < -0.4 is 11.1 Å². The Morgan fingerprint density at radius 3 is 2.42 bits per heavy atom. The zero-order valence-corrected chi connectivity index (χ0v) is 16.3. The van der Waals surface area contributed by atoms with Crippen LogP contribution >= 0.6 is 11.8 Å². The number of allylic oxidation sites excluding steroid dienone is 4. The van der Waals surface area contributed by atoms with Crippen molar-refractivity contribution in [1.82, 2.24) is 5.32 Å². The summed E-state index contributed by atoms with van der Waals surface area (Å²) in [5.74, 6) is 0.316. The summed E-state index contributed by atoms with van der Waals surface area (Å²) in [6.45, 7) is 11.6. The lowest BCUT2D eigenvalue weighted by Crippen LogP contribution is -2.25. The Labute approximate surface area is 152 Å². The summed E-state index contributed by atoms with van der Waals surface area (Å²) < 4.78 is 0. The van der Waals surface area contributed by atoms with E-state index in [0.717, 1.165) is 17.9 Å². The first-order valence-corrected chi connectivity index (χ1v) is 10.0. The maximum Gasteiger partial charge on any atom is 0.104 e. The van der Waals surface area contributed by atoms with Gasteiger partial charge in [-0.15, -0.1) is 24.9 Å². The van der Waals surface area contributed by atoms with Gasteiger partial charge >= 0.3 is 0 Å². The SMILES string of the molecule is C=CCC(C=C)C/C=C(N)/C(C#N)=C(/NC1CCCC1)SC.CC. The van der Waals surface area contributed by atoms with Crippen LogP contribution in [0.1, 0.15) is 52.4 Å². The lowest BCUT2D eigenvalue weighted by atomic mass is 10.0. The fourth-order valence-corrected chi connectivity index (χ4v) is 3.27. The molecule has 0 saturated heterocycles. The van der Waals surface area contributed by atoms with Crippen molar-refractivity contribution in [2.24, 2.45) is 11.7 Å². The molecule has 1 atom stereocenters. The van der Waals surface area contributed by atoms with Gasteiger partial charge in [-0.25, -0.2) is 0 Å². The average molecular weight is 348 g/mol. The molecular formula is C20H33N3S. The van der Waals surface area contributed by atoms with Crippen molar-refractivity contribution in [1.29, 1.82) is 5.26 Å². The minimum absolute atomic E-state index is 0.316. The Morgan fingerprint density at radius 1 is 1.33 bits per heavy atom. The predicted molar refractivity (Wildman–Crippen MR) is 108 cm³/mol. The highest BCUT2D eigenvalue weighted by molar-refractivity contribution is 8.02. The predicted octanol–water partition coefficient (Wildman–Crippen LogP) is 5.25. The molecule has 0 aromatic heterocycles. The largest absolute Gasteiger partial charge is 0.398 e. The van der Waals surface area contributed by atoms with E-state index in [0.29, 0.717) is 23.2 Å². The molecule has 0 aromatic carbocycles. The standard InChI is InChI=1S/C18H27N3S.C2H6/c1-4-8-14(5-2)11-12-17(20)16(13-19)18(22-3)21-15-9-6-7-10-15;1-2/h4-5,12,14-15,21H,1-2,6-11,20H2,3H3;1-2H3/b17-12-,18-16-;. The molecule has 134 valence electrons. The molecule has 3 N–H and O–H groups in total. The van der Waals surface area contributed by atoms with Crippen molar-refractivity contribution in [3.05, 3.63) is 47.7 Å². The van der Waals surface area contributed by atoms with Gasteiger partial charge in [0.25, 0.3) is 0 Å². The lowest BCUT2D eigenvalue weighted by Gasteiger charge is -2.17. The molecule has 0 amide bonds. The van der Waals surface area contributed by atoms with Crippen molar-refractivity contribution >= 4 is 11.8 Å². The van der Waals surface area contributed by atoms with Crippen molar-refractivity contribution in [2.45, 2.75) is 58.4 Å². The van der Waals surface area contributed by atoms with Crippen molar-refractivity contribution in [3.63, 3.8) is 0 Å². The van der Waals surface area contributed by atoms with Crippen LogP contribution in [0.3, 0.4) is 0 Å². The minimum atomic E-state index is 0.316. The van der Waals surface area contributed by atoms with E-state index in [9.17, 15) is 5.26 Å². The summed E-state index contributed by atoms with van der Waals surface area (Å²) >= 11 is 1.56. The second-order valence-corrected chi connectivity index (χ2v) is 6.38. The quantitative estimate of drug-likeness (QED) is 0.339. The van der Waals surface area contributed by atoms with Crippen molar-refractivity contribution < 1.29 is 0 Å². The van der Waals surface area contributed by atoms with Gasteiger partial charge in [0.1, 0.15) is 11.6 Å². The van der Waals surface area contributed by atoms with Crippen molar-refractivity contribution in [2.75, 3.05) is 6.26 Å². The molecule has 4 heteroatoms. The fourth-order valence-electron chi connectivity index (χ4n) is 2.62. The average Bonchev–Trinajstić information content (AvgIpc) is 3.13. The van der Waals surface area contributed by atoms with Gasteiger partial charge in [0.15, 0.2) is 0 Å². The van der Waals surface area contributed by atoms with Crippen LogP contribution in [-0.4, -0.2) is 12.3 Å². The molecule has 24 heavy (non-hydrogen) atoms. The van der Waals surface area contributed by atoms with Crippen LogP contribution in [0.5, 0.6) is 0 Å². The maximum absolute atomic E-state index is 9.48. The Kier molecular flexibility index (Phi) is 12.9. The fraction of sp³-hybridized carbons (Fsp3) is 0.550. The molecule has 0 radical (unpaired) electrons. The van der Waals surface area contributed by atoms with Gasteiger partial charge in [-0.2, -0.15) is 5.26 Å². The first kappa shape index (κ1) is 22.4. The number of nitrogens with zero attached hydrogens (tertiary/aromatic N) is 1. The van der Waals surface area contributed by atoms with Crippen LogP contribution in [0.4, 0.5) is 0 Å². The van der Waals surface area contributed by atoms with E-state index in [2.05, 4.69) is 24.5 Å². The molecule has 1 saturated carbocycles. The topological polar surface area (TPSA) is 61.8 Å². The number of thioether (sulfide) groups is 1. The Bertz CT molecular complexity index is 480. The zero-order chi connectivity index (χ0) is 18.4. The third-order valence-electron chi connectivity index (χ3n) is 3.97. The molecule has 0 aromatic rings. The highest BCUT2D eigenvalue weighted by Gasteiger charge is 2.18. The summed E-state index contributed by atoms with van der Waals surface area (Å²) in [4.78, 5) is 0. The first-order valence-electron chi connectivity index (χ1n) is 8.80. The van der Waals surface area contributed by atoms with E-state index in [1.165, 1.54) is 25.7 Å². The summed E-state index contributed by atoms with van der Waals surface area (Å²) in [7, 11) is 0. The molecule has 0 heterocycles. The maximum atomic E-state index is 9.48. The highest BCUT2D eigenvalue weighted by Crippen LogP contribution is 2.24. The van der Waals surface area contributed by atoms with Gasteiger partial charge < -0.3 is 11.1 Å². The summed E-state index contributed by atoms with van der Waals surface area (Å²) in [5.41, 5.74) is 7.25. The minimum Gasteiger partial charge on any atom is -0.398 e. The van der Waals surface area contributed by atoms with E-state index < -0.39 is 0 Å². The Morgan fingerprint density at radius 2 is 1.96 bits per heavy atom. The third-order valence-corrected chi connectivity index (χ3v) is 4.70. The molecule has 1 rings (SSSR count). The van der Waals surface area contributed by atoms with E-state index in [1.54, 1.807) is 11.8 Å². The number of hydrogen-bond donors (Lipinski definition) is 2. The van der Waals surface area contributed by atoms with Gasteiger partial charge in [-0.05, 0) is 37.9 Å². The zero-order valence-electron chi connectivity index (χ0n) is 15.5. The summed E-state index contributed by atoms with van der Waals surface area (Å²) in [6, 6.07) is 2.73. The monoisotopic (exact) mass is 347 g/mol. The lowest BCUT2D eigenvalue weighted by molar-refractivity contribution is 0.600. The van der Waals surface area contributed by atoms with Crippen LogP contribution in [0, 0.1) is 17.2 Å². The Hall–Kier alpha value is -1.60. The van der Waals surface area contributed by atoms with Gasteiger partial charge in [-0.3, -0.25) is 0 Å². The van der Waals surface area contributed by atoms with Gasteiger partial charge in [-0.1, -0.05) is 44.9 Å². The molecule has 1 aliphatic rings. The molecule has 0 spiro atoms. The highest BCUT2D eigenvalue weighted by atomic mass is 32.2. The van der Waals surface area contributed by atoms with Gasteiger partial charge in [0, 0.05) is 11.7 Å². The molecule has 1 fully saturated rings. The van der Waals surface area contributed by atoms with Crippen LogP contribution in [0.25, 0.3) is 0 Å². The molecule has 1 unspecified atom stereocenters. The molecular weight excluding hydrogens is 314 g/mol. The second kappa shape index (κ2) is 13.8. The third kappa shape index (κ3) is 7.79. The van der Waals surface area contributed by atoms with E-state index in [-0.39, 0.29) is 0 Å². The van der Waals surface area contributed by atoms with Crippen LogP contribution in [-0.2, 0) is 0 Å². The molecule has 0 bridgehead atoms. The smallest absolute Gasteiger partial charge is 0.104 e. The molecule has 3 nitrogen and oxygen atoms in total. The van der Waals surface area contributed by atoms with Gasteiger partial charge in [0.05, 0.1) is 5.03 Å². The second-order valence-electron chi connectivity index (χ2n) is 5.56. The normalized spacial score (nSPS) is 17.0. The van der Waals surface area contributed by atoms with E-state index in [4.69, 9.17) is 5.73 Å². The Balaban J connectivity index is 0.00000254. The number of nitrogens with one attached hydrogen (secondary N) is 1. The van der Waals surface area contributed by atoms with Crippen molar-refractivity contribution in [3.8, 4) is 6.07 Å². The first-order chi connectivity index (χ1) is 11.7. The number of hydrogen-bond acceptors (Lipinski definition) is 4. The van der Waals surface area contributed by atoms with Crippen LogP contribution in [0.2, 0.25) is 0 Å². The summed E-state index contributed by atoms with van der Waals surface area (Å²) in [5, 5.41) is 13.9. The number of rotatable bonds is 9.